The molecule has 0 saturated carbocycles. The molecule has 152 valence electrons. The molecular weight excluding hydrogens is 401 g/mol. The summed E-state index contributed by atoms with van der Waals surface area (Å²) in [7, 11) is 1.90. The van der Waals surface area contributed by atoms with Crippen LogP contribution in [0.4, 0.5) is 10.2 Å². The van der Waals surface area contributed by atoms with E-state index in [2.05, 4.69) is 45.5 Å². The number of benzene rings is 2. The molecular formula is C23H21ClFN5. The number of halogens is 2. The second kappa shape index (κ2) is 8.24. The molecule has 2 aromatic heterocycles. The van der Waals surface area contributed by atoms with Gasteiger partial charge in [-0.1, -0.05) is 29.8 Å². The Hall–Kier alpha value is -3.25. The van der Waals surface area contributed by atoms with Gasteiger partial charge < -0.3 is 5.32 Å². The van der Waals surface area contributed by atoms with Gasteiger partial charge in [0.15, 0.2) is 0 Å². The topological polar surface area (TPSA) is 55.6 Å². The van der Waals surface area contributed by atoms with Gasteiger partial charge in [0.2, 0.25) is 0 Å². The lowest BCUT2D eigenvalue weighted by Crippen LogP contribution is -2.09. The molecule has 4 aromatic rings. The SMILES string of the molecule is Cc1nc(NC(C)c2cccc(-c3cnn(C)c3)c2)cc(-c2ccc(F)c(Cl)c2)n1. The molecule has 0 amide bonds. The molecule has 1 N–H and O–H groups in total. The van der Waals surface area contributed by atoms with Gasteiger partial charge in [-0.3, -0.25) is 4.68 Å². The molecule has 0 fully saturated rings. The van der Waals surface area contributed by atoms with Crippen LogP contribution in [0, 0.1) is 12.7 Å². The fourth-order valence-electron chi connectivity index (χ4n) is 3.31. The summed E-state index contributed by atoms with van der Waals surface area (Å²) >= 11 is 5.93. The van der Waals surface area contributed by atoms with Crippen molar-refractivity contribution in [2.45, 2.75) is 19.9 Å². The fraction of sp³-hybridized carbons (Fsp3) is 0.174. The minimum Gasteiger partial charge on any atom is -0.363 e. The van der Waals surface area contributed by atoms with Gasteiger partial charge in [0, 0.05) is 36.5 Å². The molecule has 7 heteroatoms. The number of hydrogen-bond acceptors (Lipinski definition) is 4. The number of anilines is 1. The summed E-state index contributed by atoms with van der Waals surface area (Å²) in [6.07, 6.45) is 3.84. The van der Waals surface area contributed by atoms with Crippen molar-refractivity contribution in [2.24, 2.45) is 7.05 Å². The van der Waals surface area contributed by atoms with Crippen molar-refractivity contribution in [1.29, 1.82) is 0 Å². The third-order valence-corrected chi connectivity index (χ3v) is 5.13. The molecule has 2 heterocycles. The zero-order chi connectivity index (χ0) is 21.3. The molecule has 0 bridgehead atoms. The smallest absolute Gasteiger partial charge is 0.141 e. The summed E-state index contributed by atoms with van der Waals surface area (Å²) in [6.45, 7) is 3.90. The van der Waals surface area contributed by atoms with Gasteiger partial charge in [0.05, 0.1) is 16.9 Å². The number of aryl methyl sites for hydroxylation is 2. The molecule has 4 rings (SSSR count). The van der Waals surface area contributed by atoms with E-state index in [0.29, 0.717) is 17.3 Å². The highest BCUT2D eigenvalue weighted by Gasteiger charge is 2.12. The summed E-state index contributed by atoms with van der Waals surface area (Å²) in [4.78, 5) is 8.98. The van der Waals surface area contributed by atoms with E-state index in [1.54, 1.807) is 16.8 Å². The van der Waals surface area contributed by atoms with Crippen LogP contribution in [0.5, 0.6) is 0 Å². The van der Waals surface area contributed by atoms with Crippen LogP contribution in [0.15, 0.2) is 60.9 Å². The van der Waals surface area contributed by atoms with E-state index in [0.717, 1.165) is 22.3 Å². The van der Waals surface area contributed by atoms with Crippen LogP contribution in [-0.2, 0) is 7.05 Å². The maximum Gasteiger partial charge on any atom is 0.141 e. The minimum atomic E-state index is -0.452. The van der Waals surface area contributed by atoms with E-state index >= 15 is 0 Å². The van der Waals surface area contributed by atoms with Gasteiger partial charge in [-0.2, -0.15) is 5.10 Å². The Bertz CT molecular complexity index is 1200. The summed E-state index contributed by atoms with van der Waals surface area (Å²) < 4.78 is 15.3. The number of rotatable bonds is 5. The summed E-state index contributed by atoms with van der Waals surface area (Å²) in [5.41, 5.74) is 4.72. The second-order valence-corrected chi connectivity index (χ2v) is 7.62. The lowest BCUT2D eigenvalue weighted by Gasteiger charge is -2.17. The average Bonchev–Trinajstić information content (AvgIpc) is 3.16. The Labute approximate surface area is 179 Å². The highest BCUT2D eigenvalue weighted by atomic mass is 35.5. The summed E-state index contributed by atoms with van der Waals surface area (Å²) in [5.74, 6) is 0.857. The first-order valence-electron chi connectivity index (χ1n) is 9.55. The van der Waals surface area contributed by atoms with Crippen molar-refractivity contribution in [3.63, 3.8) is 0 Å². The predicted molar refractivity (Wildman–Crippen MR) is 118 cm³/mol. The maximum atomic E-state index is 13.5. The van der Waals surface area contributed by atoms with Crippen LogP contribution in [0.2, 0.25) is 5.02 Å². The first kappa shape index (κ1) is 20.0. The Kier molecular flexibility index (Phi) is 5.50. The third-order valence-electron chi connectivity index (χ3n) is 4.84. The predicted octanol–water partition coefficient (Wildman–Crippen LogP) is 5.82. The lowest BCUT2D eigenvalue weighted by atomic mass is 10.0. The normalized spacial score (nSPS) is 12.0. The van der Waals surface area contributed by atoms with Crippen LogP contribution in [0.1, 0.15) is 24.4 Å². The highest BCUT2D eigenvalue weighted by Crippen LogP contribution is 2.28. The fourth-order valence-corrected chi connectivity index (χ4v) is 3.49. The van der Waals surface area contributed by atoms with Gasteiger partial charge in [-0.25, -0.2) is 14.4 Å². The van der Waals surface area contributed by atoms with Gasteiger partial charge in [0.1, 0.15) is 17.5 Å². The van der Waals surface area contributed by atoms with Crippen molar-refractivity contribution >= 4 is 17.4 Å². The molecule has 0 spiro atoms. The molecule has 0 saturated heterocycles. The molecule has 5 nitrogen and oxygen atoms in total. The molecule has 1 atom stereocenters. The molecule has 0 aliphatic carbocycles. The van der Waals surface area contributed by atoms with Gasteiger partial charge in [-0.05, 0) is 49.2 Å². The third kappa shape index (κ3) is 4.33. The van der Waals surface area contributed by atoms with Crippen LogP contribution in [-0.4, -0.2) is 19.7 Å². The standard InChI is InChI=1S/C23H21ClFN5/c1-14(16-5-4-6-17(9-16)19-12-26-30(3)13-19)27-23-11-22(28-15(2)29-23)18-7-8-21(25)20(24)10-18/h4-14H,1-3H3,(H,27,28,29). The second-order valence-electron chi connectivity index (χ2n) is 7.21. The van der Waals surface area contributed by atoms with Gasteiger partial charge >= 0.3 is 0 Å². The zero-order valence-electron chi connectivity index (χ0n) is 16.9. The Morgan fingerprint density at radius 1 is 1.03 bits per heavy atom. The van der Waals surface area contributed by atoms with E-state index < -0.39 is 5.82 Å². The van der Waals surface area contributed by atoms with E-state index in [9.17, 15) is 4.39 Å². The van der Waals surface area contributed by atoms with Crippen LogP contribution >= 0.6 is 11.6 Å². The molecule has 1 unspecified atom stereocenters. The Morgan fingerprint density at radius 2 is 1.87 bits per heavy atom. The lowest BCUT2D eigenvalue weighted by molar-refractivity contribution is 0.628. The van der Waals surface area contributed by atoms with E-state index in [4.69, 9.17) is 11.6 Å². The number of nitrogens with zero attached hydrogens (tertiary/aromatic N) is 4. The molecule has 0 aliphatic rings. The Balaban J connectivity index is 1.60. The molecule has 0 radical (unpaired) electrons. The minimum absolute atomic E-state index is 0.0144. The van der Waals surface area contributed by atoms with E-state index in [1.165, 1.54) is 6.07 Å². The monoisotopic (exact) mass is 421 g/mol. The average molecular weight is 422 g/mol. The molecule has 30 heavy (non-hydrogen) atoms. The van der Waals surface area contributed by atoms with Crippen LogP contribution < -0.4 is 5.32 Å². The molecule has 2 aromatic carbocycles. The maximum absolute atomic E-state index is 13.5. The largest absolute Gasteiger partial charge is 0.363 e. The quantitative estimate of drug-likeness (QED) is 0.441. The van der Waals surface area contributed by atoms with E-state index in [-0.39, 0.29) is 11.1 Å². The number of nitrogens with one attached hydrogen (secondary N) is 1. The zero-order valence-corrected chi connectivity index (χ0v) is 17.7. The summed E-state index contributed by atoms with van der Waals surface area (Å²) in [5, 5.41) is 7.75. The van der Waals surface area contributed by atoms with Crippen molar-refractivity contribution < 1.29 is 4.39 Å². The molecule has 0 aliphatic heterocycles. The first-order valence-corrected chi connectivity index (χ1v) is 9.93. The van der Waals surface area contributed by atoms with Crippen molar-refractivity contribution in [3.8, 4) is 22.4 Å². The summed E-state index contributed by atoms with van der Waals surface area (Å²) in [6, 6.07) is 14.8. The van der Waals surface area contributed by atoms with Crippen LogP contribution in [0.3, 0.4) is 0 Å². The number of aromatic nitrogens is 4. The van der Waals surface area contributed by atoms with Crippen molar-refractivity contribution in [1.82, 2.24) is 19.7 Å². The Morgan fingerprint density at radius 3 is 2.60 bits per heavy atom. The highest BCUT2D eigenvalue weighted by molar-refractivity contribution is 6.31. The van der Waals surface area contributed by atoms with E-state index in [1.807, 2.05) is 38.5 Å². The van der Waals surface area contributed by atoms with Gasteiger partial charge in [0.25, 0.3) is 0 Å². The van der Waals surface area contributed by atoms with Crippen molar-refractivity contribution in [2.75, 3.05) is 5.32 Å². The first-order chi connectivity index (χ1) is 14.4. The van der Waals surface area contributed by atoms with Crippen LogP contribution in [0.25, 0.3) is 22.4 Å². The number of hydrogen-bond donors (Lipinski definition) is 1. The van der Waals surface area contributed by atoms with Crippen molar-refractivity contribution in [3.05, 3.63) is 83.2 Å². The van der Waals surface area contributed by atoms with Gasteiger partial charge in [-0.15, -0.1) is 0 Å².